The van der Waals surface area contributed by atoms with E-state index < -0.39 is 0 Å². The molecule has 4 saturated carbocycles. The minimum absolute atomic E-state index is 0.539. The first kappa shape index (κ1) is 16.0. The van der Waals surface area contributed by atoms with Gasteiger partial charge in [0.25, 0.3) is 0 Å². The van der Waals surface area contributed by atoms with Crippen molar-refractivity contribution in [3.05, 3.63) is 23.3 Å². The summed E-state index contributed by atoms with van der Waals surface area (Å²) in [5.41, 5.74) is 4.68. The summed E-state index contributed by atoms with van der Waals surface area (Å²) >= 11 is 0. The topological polar surface area (TPSA) is 15.7 Å². The van der Waals surface area contributed by atoms with Crippen LogP contribution >= 0.6 is 0 Å². The van der Waals surface area contributed by atoms with Gasteiger partial charge in [-0.05, 0) is 93.4 Å². The second-order valence-corrected chi connectivity index (χ2v) is 9.42. The van der Waals surface area contributed by atoms with Crippen LogP contribution in [0, 0.1) is 31.6 Å². The van der Waals surface area contributed by atoms with Gasteiger partial charge in [0.05, 0.1) is 13.8 Å². The van der Waals surface area contributed by atoms with Crippen LogP contribution in [0.1, 0.15) is 49.7 Å². The molecule has 1 saturated heterocycles. The summed E-state index contributed by atoms with van der Waals surface area (Å²) in [7, 11) is 1.76. The summed E-state index contributed by atoms with van der Waals surface area (Å²) in [5.74, 6) is 4.08. The van der Waals surface area contributed by atoms with E-state index in [4.69, 9.17) is 4.74 Å². The van der Waals surface area contributed by atoms with Gasteiger partial charge in [-0.2, -0.15) is 0 Å². The fourth-order valence-electron chi connectivity index (χ4n) is 7.14. The Kier molecular flexibility index (Phi) is 3.61. The van der Waals surface area contributed by atoms with Gasteiger partial charge in [-0.25, -0.2) is 0 Å². The number of ether oxygens (including phenoxy) is 1. The molecule has 5 aliphatic rings. The summed E-state index contributed by atoms with van der Waals surface area (Å²) in [6, 6.07) is 4.38. The van der Waals surface area contributed by atoms with Crippen molar-refractivity contribution in [2.24, 2.45) is 17.8 Å². The van der Waals surface area contributed by atoms with Crippen LogP contribution < -0.4 is 9.64 Å². The van der Waals surface area contributed by atoms with Gasteiger partial charge in [-0.3, -0.25) is 4.90 Å². The van der Waals surface area contributed by atoms with E-state index in [1.165, 1.54) is 68.4 Å². The Morgan fingerprint density at radius 1 is 0.920 bits per heavy atom. The molecule has 0 unspecified atom stereocenters. The lowest BCUT2D eigenvalue weighted by molar-refractivity contribution is -0.0797. The Morgan fingerprint density at radius 3 is 2.00 bits per heavy atom. The van der Waals surface area contributed by atoms with Crippen LogP contribution in [0.25, 0.3) is 0 Å². The SMILES string of the molecule is COc1cc(C)c(N2CCN(C34CC5CC(CC(C5)C3)C4)C2)c(C)c1. The lowest BCUT2D eigenvalue weighted by atomic mass is 9.52. The number of anilines is 1. The van der Waals surface area contributed by atoms with E-state index >= 15 is 0 Å². The number of hydrogen-bond acceptors (Lipinski definition) is 3. The highest BCUT2D eigenvalue weighted by molar-refractivity contribution is 5.62. The average Bonchev–Trinajstić information content (AvgIpc) is 3.03. The van der Waals surface area contributed by atoms with Crippen molar-refractivity contribution in [1.29, 1.82) is 0 Å². The van der Waals surface area contributed by atoms with Crippen LogP contribution in [0.2, 0.25) is 0 Å². The summed E-state index contributed by atoms with van der Waals surface area (Å²) < 4.78 is 5.45. The largest absolute Gasteiger partial charge is 0.497 e. The molecule has 3 nitrogen and oxygen atoms in total. The van der Waals surface area contributed by atoms with Crippen molar-refractivity contribution in [3.63, 3.8) is 0 Å². The molecule has 4 aliphatic carbocycles. The molecule has 25 heavy (non-hydrogen) atoms. The van der Waals surface area contributed by atoms with E-state index in [2.05, 4.69) is 35.8 Å². The number of rotatable bonds is 3. The van der Waals surface area contributed by atoms with Gasteiger partial charge in [0.2, 0.25) is 0 Å². The minimum Gasteiger partial charge on any atom is -0.497 e. The zero-order chi connectivity index (χ0) is 17.2. The van der Waals surface area contributed by atoms with Crippen molar-refractivity contribution < 1.29 is 4.74 Å². The zero-order valence-electron chi connectivity index (χ0n) is 16.1. The quantitative estimate of drug-likeness (QED) is 0.813. The van der Waals surface area contributed by atoms with Crippen LogP contribution in [-0.4, -0.2) is 37.3 Å². The smallest absolute Gasteiger partial charge is 0.119 e. The molecule has 0 spiro atoms. The summed E-state index contributed by atoms with van der Waals surface area (Å²) in [5, 5.41) is 0. The van der Waals surface area contributed by atoms with Crippen molar-refractivity contribution in [2.45, 2.75) is 57.9 Å². The van der Waals surface area contributed by atoms with Crippen LogP contribution in [-0.2, 0) is 0 Å². The molecular weight excluding hydrogens is 308 g/mol. The average molecular weight is 341 g/mol. The second-order valence-electron chi connectivity index (χ2n) is 9.42. The highest BCUT2D eigenvalue weighted by Gasteiger charge is 2.54. The molecule has 1 heterocycles. The fraction of sp³-hybridized carbons (Fsp3) is 0.727. The van der Waals surface area contributed by atoms with Gasteiger partial charge in [-0.1, -0.05) is 0 Å². The first-order valence-corrected chi connectivity index (χ1v) is 10.2. The molecule has 1 aromatic carbocycles. The third-order valence-electron chi connectivity index (χ3n) is 7.67. The summed E-state index contributed by atoms with van der Waals surface area (Å²) in [6.45, 7) is 8.02. The van der Waals surface area contributed by atoms with Crippen molar-refractivity contribution in [2.75, 3.05) is 31.8 Å². The van der Waals surface area contributed by atoms with Gasteiger partial charge < -0.3 is 9.64 Å². The van der Waals surface area contributed by atoms with Crippen LogP contribution in [0.5, 0.6) is 5.75 Å². The molecule has 0 atom stereocenters. The highest BCUT2D eigenvalue weighted by atomic mass is 16.5. The molecular formula is C22H32N2O. The van der Waals surface area contributed by atoms with Crippen molar-refractivity contribution in [1.82, 2.24) is 4.90 Å². The Balaban J connectivity index is 1.39. The van der Waals surface area contributed by atoms with Crippen LogP contribution in [0.4, 0.5) is 5.69 Å². The van der Waals surface area contributed by atoms with E-state index in [-0.39, 0.29) is 0 Å². The predicted molar refractivity (Wildman–Crippen MR) is 102 cm³/mol. The van der Waals surface area contributed by atoms with E-state index in [1.54, 1.807) is 7.11 Å². The molecule has 136 valence electrons. The first-order valence-electron chi connectivity index (χ1n) is 10.2. The standard InChI is InChI=1S/C22H32N2O/c1-15-6-20(25-3)7-16(2)21(15)23-4-5-24(14-23)22-11-17-8-18(12-22)10-19(9-17)13-22/h6-7,17-19H,4-5,8-14H2,1-3H3. The van der Waals surface area contributed by atoms with Crippen molar-refractivity contribution >= 4 is 5.69 Å². The maximum atomic E-state index is 5.45. The monoisotopic (exact) mass is 340 g/mol. The normalized spacial score (nSPS) is 37.1. The van der Waals surface area contributed by atoms with E-state index in [0.29, 0.717) is 5.54 Å². The second kappa shape index (κ2) is 5.64. The number of aryl methyl sites for hydroxylation is 2. The number of methoxy groups -OCH3 is 1. The van der Waals surface area contributed by atoms with E-state index in [0.717, 1.165) is 30.2 Å². The molecule has 6 rings (SSSR count). The molecule has 5 fully saturated rings. The number of nitrogens with zero attached hydrogens (tertiary/aromatic N) is 2. The van der Waals surface area contributed by atoms with Crippen LogP contribution in [0.15, 0.2) is 12.1 Å². The molecule has 3 heteroatoms. The molecule has 1 aromatic rings. The van der Waals surface area contributed by atoms with Gasteiger partial charge in [0.1, 0.15) is 5.75 Å². The van der Waals surface area contributed by atoms with Gasteiger partial charge in [0.15, 0.2) is 0 Å². The summed E-state index contributed by atoms with van der Waals surface area (Å²) in [4.78, 5) is 5.50. The van der Waals surface area contributed by atoms with E-state index in [9.17, 15) is 0 Å². The lowest BCUT2D eigenvalue weighted by Gasteiger charge is -2.60. The molecule has 0 radical (unpaired) electrons. The Morgan fingerprint density at radius 2 is 1.48 bits per heavy atom. The maximum Gasteiger partial charge on any atom is 0.119 e. The fourth-order valence-corrected chi connectivity index (χ4v) is 7.14. The van der Waals surface area contributed by atoms with Gasteiger partial charge in [-0.15, -0.1) is 0 Å². The Hall–Kier alpha value is -1.22. The molecule has 0 aromatic heterocycles. The van der Waals surface area contributed by atoms with Crippen molar-refractivity contribution in [3.8, 4) is 5.75 Å². The molecule has 0 N–H and O–H groups in total. The Bertz CT molecular complexity index is 624. The number of hydrogen-bond donors (Lipinski definition) is 0. The third-order valence-corrected chi connectivity index (χ3v) is 7.67. The molecule has 4 bridgehead atoms. The van der Waals surface area contributed by atoms with Gasteiger partial charge in [0, 0.05) is 24.3 Å². The summed E-state index contributed by atoms with van der Waals surface area (Å²) in [6.07, 6.45) is 9.04. The third kappa shape index (κ3) is 2.50. The maximum absolute atomic E-state index is 5.45. The molecule has 1 aliphatic heterocycles. The zero-order valence-corrected chi connectivity index (χ0v) is 16.1. The lowest BCUT2D eigenvalue weighted by Crippen LogP contribution is -2.59. The van der Waals surface area contributed by atoms with Crippen LogP contribution in [0.3, 0.4) is 0 Å². The van der Waals surface area contributed by atoms with E-state index in [1.807, 2.05) is 0 Å². The van der Waals surface area contributed by atoms with Gasteiger partial charge >= 0.3 is 0 Å². The predicted octanol–water partition coefficient (Wildman–Crippen LogP) is 4.36. The first-order chi connectivity index (χ1) is 12.1. The highest BCUT2D eigenvalue weighted by Crippen LogP contribution is 2.58. The number of benzene rings is 1. The Labute approximate surface area is 152 Å². The molecule has 0 amide bonds. The minimum atomic E-state index is 0.539.